The first kappa shape index (κ1) is 81.6. The molecule has 3 aromatic carbocycles. The third-order valence-corrected chi connectivity index (χ3v) is 17.1. The van der Waals surface area contributed by atoms with E-state index in [9.17, 15) is 58.2 Å². The van der Waals surface area contributed by atoms with E-state index < -0.39 is 131 Å². The second kappa shape index (κ2) is 43.4. The molecule has 30 heteroatoms. The van der Waals surface area contributed by atoms with Crippen molar-refractivity contribution < 1.29 is 58.2 Å². The molecule has 0 saturated heterocycles. The number of H-pyrrole nitrogens is 1. The van der Waals surface area contributed by atoms with E-state index in [4.69, 9.17) is 34.4 Å². The molecular formula is C68H105N17O12S. The second-order valence-electron chi connectivity index (χ2n) is 25.0. The van der Waals surface area contributed by atoms with Gasteiger partial charge >= 0.3 is 5.97 Å². The van der Waals surface area contributed by atoms with Crippen LogP contribution in [0.15, 0.2) is 90.1 Å². The monoisotopic (exact) mass is 1380 g/mol. The Kier molecular flexibility index (Phi) is 36.2. The normalized spacial score (nSPS) is 14.4. The SMILES string of the molecule is CSCC[C@@H](NC(=O)[C@@H](Cc1c[nH]c2ccccc12)NC(=O)[C@@H](CCCCN)NC(=O)[C@@H](CCCCN)C(=O)O)C(=O)N[C@@H](C(=O)N[C@@H](C(=O)N[C@H](Cc1ccc(O)cc1)C(=O)NC(Cc1ccccc1)C(=O)N[C@H](CCCN=C(N)N)C(=O)N[C@@H](N)CCCCN)C(C)C)C(C)C. The van der Waals surface area contributed by atoms with Crippen molar-refractivity contribution in [3.8, 4) is 5.75 Å². The maximum Gasteiger partial charge on any atom is 0.316 e. The number of carboxylic acid groups (broad SMARTS) is 1. The summed E-state index contributed by atoms with van der Waals surface area (Å²) in [5, 5.41) is 45.9. The average molecular weight is 1380 g/mol. The molecule has 0 aliphatic rings. The summed E-state index contributed by atoms with van der Waals surface area (Å²) >= 11 is 1.38. The van der Waals surface area contributed by atoms with Crippen LogP contribution in [-0.4, -0.2) is 173 Å². The molecular weight excluding hydrogens is 1280 g/mol. The number of unbranched alkanes of at least 4 members (excludes halogenated alkanes) is 3. The van der Waals surface area contributed by atoms with E-state index in [0.717, 1.165) is 10.9 Å². The maximum absolute atomic E-state index is 14.9. The van der Waals surface area contributed by atoms with Crippen LogP contribution in [0.3, 0.4) is 0 Å². The van der Waals surface area contributed by atoms with Crippen LogP contribution in [0.5, 0.6) is 5.75 Å². The van der Waals surface area contributed by atoms with Crippen molar-refractivity contribution in [2.45, 2.75) is 179 Å². The van der Waals surface area contributed by atoms with Crippen molar-refractivity contribution in [2.24, 2.45) is 57.1 Å². The smallest absolute Gasteiger partial charge is 0.316 e. The van der Waals surface area contributed by atoms with Gasteiger partial charge in [-0.05, 0) is 149 Å². The Labute approximate surface area is 577 Å². The Morgan fingerprint density at radius 2 is 0.908 bits per heavy atom. The van der Waals surface area contributed by atoms with E-state index in [-0.39, 0.29) is 76.2 Å². The first-order valence-electron chi connectivity index (χ1n) is 33.5. The van der Waals surface area contributed by atoms with Gasteiger partial charge in [-0.3, -0.25) is 52.9 Å². The molecule has 98 heavy (non-hydrogen) atoms. The lowest BCUT2D eigenvalue weighted by Gasteiger charge is -2.30. The molecule has 1 aromatic heterocycles. The number of aliphatic carboxylic acids is 1. The van der Waals surface area contributed by atoms with Crippen molar-refractivity contribution >= 4 is 87.8 Å². The fourth-order valence-electron chi connectivity index (χ4n) is 10.8. The van der Waals surface area contributed by atoms with Crippen LogP contribution >= 0.6 is 11.8 Å². The Morgan fingerprint density at radius 1 is 0.480 bits per heavy atom. The van der Waals surface area contributed by atoms with E-state index in [2.05, 4.69) is 57.8 Å². The van der Waals surface area contributed by atoms with Gasteiger partial charge in [0, 0.05) is 42.9 Å². The first-order valence-corrected chi connectivity index (χ1v) is 34.9. The van der Waals surface area contributed by atoms with Gasteiger partial charge in [-0.1, -0.05) is 94.8 Å². The molecule has 0 spiro atoms. The van der Waals surface area contributed by atoms with Crippen LogP contribution in [0.1, 0.15) is 121 Å². The van der Waals surface area contributed by atoms with E-state index >= 15 is 0 Å². The van der Waals surface area contributed by atoms with E-state index in [0.29, 0.717) is 80.5 Å². The summed E-state index contributed by atoms with van der Waals surface area (Å²) in [5.41, 5.74) is 36.9. The molecule has 1 unspecified atom stereocenters. The molecule has 4 rings (SSSR count). The standard InChI is InChI=1S/C68H105N17O12S/c1-40(2)56(65(94)82-53(37-43-26-28-45(86)29-27-43)63(92)80-52(36-42-18-7-6-8-19-42)62(91)78-50(24-17-34-75-68(73)74)60(89)83-55(72)25-13-16-33-71)85-66(95)57(41(3)4)84-61(90)51(30-35-98-5)79-64(93)54(38-44-39-76-48-22-10-9-20-46(44)48)81-59(88)49(23-12-15-32-70)77-58(87)47(67(96)97)21-11-14-31-69/h6-10,18-20,22,26-29,39-41,47,49-57,76,86H,11-17,21,23-25,30-38,69-72H2,1-5H3,(H,77,87)(H,78,91)(H,79,93)(H,80,92)(H,81,88)(H,82,94)(H,83,89)(H,84,90)(H,85,95)(H,96,97)(H4,73,74,75)/t47-,49-,50-,51-,52?,53-,54-,55-,56-,57-/m1/s1. The van der Waals surface area contributed by atoms with Crippen molar-refractivity contribution in [3.05, 3.63) is 102 Å². The number of carboxylic acids is 1. The number of thioether (sulfide) groups is 1. The number of hydrogen-bond acceptors (Lipinski definition) is 17. The lowest BCUT2D eigenvalue weighted by atomic mass is 9.98. The highest BCUT2D eigenvalue weighted by Crippen LogP contribution is 2.21. The summed E-state index contributed by atoms with van der Waals surface area (Å²) in [6.45, 7) is 7.79. The first-order chi connectivity index (χ1) is 46.8. The third-order valence-electron chi connectivity index (χ3n) is 16.4. The highest BCUT2D eigenvalue weighted by atomic mass is 32.2. The summed E-state index contributed by atoms with van der Waals surface area (Å²) in [5.74, 6) is -11.0. The number of aromatic hydroxyl groups is 1. The van der Waals surface area contributed by atoms with Gasteiger partial charge < -0.3 is 97.5 Å². The number of phenols is 1. The molecule has 29 nitrogen and oxygen atoms in total. The number of nitrogens with two attached hydrogens (primary N) is 6. The fraction of sp³-hybridized carbons (Fsp3) is 0.544. The number of nitrogens with zero attached hydrogens (tertiary/aromatic N) is 1. The van der Waals surface area contributed by atoms with Gasteiger partial charge in [0.15, 0.2) is 5.96 Å². The zero-order valence-electron chi connectivity index (χ0n) is 56.9. The number of para-hydroxylation sites is 1. The maximum atomic E-state index is 14.9. The van der Waals surface area contributed by atoms with Gasteiger partial charge in [-0.15, -0.1) is 0 Å². The van der Waals surface area contributed by atoms with Gasteiger partial charge in [-0.2, -0.15) is 11.8 Å². The van der Waals surface area contributed by atoms with E-state index in [1.807, 2.05) is 18.2 Å². The number of carbonyl (C=O) groups excluding carboxylic acids is 9. The van der Waals surface area contributed by atoms with Crippen LogP contribution < -0.4 is 82.3 Å². The van der Waals surface area contributed by atoms with Crippen molar-refractivity contribution in [1.82, 2.24) is 52.8 Å². The number of fused-ring (bicyclic) bond motifs is 1. The zero-order valence-corrected chi connectivity index (χ0v) is 57.8. The summed E-state index contributed by atoms with van der Waals surface area (Å²) in [4.78, 5) is 150. The largest absolute Gasteiger partial charge is 0.508 e. The lowest BCUT2D eigenvalue weighted by Crippen LogP contribution is -2.62. The van der Waals surface area contributed by atoms with Crippen LogP contribution in [0.25, 0.3) is 10.9 Å². The molecule has 0 aliphatic carbocycles. The van der Waals surface area contributed by atoms with Crippen LogP contribution in [0, 0.1) is 17.8 Å². The minimum Gasteiger partial charge on any atom is -0.508 e. The van der Waals surface area contributed by atoms with Crippen molar-refractivity contribution in [2.75, 3.05) is 38.2 Å². The molecule has 24 N–H and O–H groups in total. The van der Waals surface area contributed by atoms with Crippen LogP contribution in [0.4, 0.5) is 0 Å². The van der Waals surface area contributed by atoms with Gasteiger partial charge in [0.25, 0.3) is 0 Å². The molecule has 0 bridgehead atoms. The Balaban J connectivity index is 1.64. The summed E-state index contributed by atoms with van der Waals surface area (Å²) in [6.07, 6.45) is 6.19. The predicted octanol–water partition coefficient (Wildman–Crippen LogP) is 0.387. The number of rotatable bonds is 46. The quantitative estimate of drug-likeness (QED) is 0.00935. The molecule has 1 heterocycles. The Morgan fingerprint density at radius 3 is 1.45 bits per heavy atom. The molecule has 0 fully saturated rings. The topological polar surface area (TPSA) is 504 Å². The number of carbonyl (C=O) groups is 10. The Bertz CT molecular complexity index is 3220. The molecule has 4 aromatic rings. The van der Waals surface area contributed by atoms with Crippen LogP contribution in [-0.2, 0) is 67.2 Å². The fourth-order valence-corrected chi connectivity index (χ4v) is 11.3. The number of phenolic OH excluding ortho intramolecular Hbond substituents is 1. The lowest BCUT2D eigenvalue weighted by molar-refractivity contribution is -0.148. The molecule has 9 amide bonds. The second-order valence-corrected chi connectivity index (χ2v) is 26.0. The number of hydrogen-bond donors (Lipinski definition) is 18. The minimum absolute atomic E-state index is 0.0229. The van der Waals surface area contributed by atoms with Crippen molar-refractivity contribution in [1.29, 1.82) is 0 Å². The number of nitrogens with one attached hydrogen (secondary N) is 10. The summed E-state index contributed by atoms with van der Waals surface area (Å²) in [7, 11) is 0. The number of benzene rings is 3. The zero-order chi connectivity index (χ0) is 72.3. The van der Waals surface area contributed by atoms with E-state index in [1.165, 1.54) is 23.9 Å². The molecule has 10 atom stereocenters. The number of aliphatic imine (C=N–C) groups is 1. The molecule has 0 saturated carbocycles. The molecule has 540 valence electrons. The van der Waals surface area contributed by atoms with Crippen molar-refractivity contribution in [3.63, 3.8) is 0 Å². The van der Waals surface area contributed by atoms with Gasteiger partial charge in [0.05, 0.1) is 6.17 Å². The van der Waals surface area contributed by atoms with E-state index in [1.54, 1.807) is 88.7 Å². The summed E-state index contributed by atoms with van der Waals surface area (Å²) < 4.78 is 0. The number of aromatic amines is 1. The highest BCUT2D eigenvalue weighted by molar-refractivity contribution is 7.98. The predicted molar refractivity (Wildman–Crippen MR) is 378 cm³/mol. The number of amides is 9. The average Bonchev–Trinajstić information content (AvgIpc) is 1.60. The van der Waals surface area contributed by atoms with Gasteiger partial charge in [0.1, 0.15) is 60.0 Å². The summed E-state index contributed by atoms with van der Waals surface area (Å²) in [6, 6.07) is 11.4. The minimum atomic E-state index is -1.48. The van der Waals surface area contributed by atoms with Gasteiger partial charge in [-0.25, -0.2) is 0 Å². The van der Waals surface area contributed by atoms with Gasteiger partial charge in [0.2, 0.25) is 53.2 Å². The molecule has 0 radical (unpaired) electrons. The van der Waals surface area contributed by atoms with Crippen LogP contribution in [0.2, 0.25) is 0 Å². The highest BCUT2D eigenvalue weighted by Gasteiger charge is 2.38. The Hall–Kier alpha value is -8.84. The molecule has 0 aliphatic heterocycles. The number of aromatic nitrogens is 1. The number of guanidine groups is 1. The third kappa shape index (κ3) is 28.3.